The minimum Gasteiger partial charge on any atom is -0.396 e. The Labute approximate surface area is 156 Å². The highest BCUT2D eigenvalue weighted by Crippen LogP contribution is 2.22. The van der Waals surface area contributed by atoms with E-state index in [1.807, 2.05) is 0 Å². The molecule has 1 aliphatic heterocycles. The van der Waals surface area contributed by atoms with Crippen LogP contribution in [0, 0.1) is 6.92 Å². The molecule has 0 aliphatic carbocycles. The molecule has 4 rings (SSSR count). The van der Waals surface area contributed by atoms with Gasteiger partial charge in [0.05, 0.1) is 11.4 Å². The summed E-state index contributed by atoms with van der Waals surface area (Å²) in [5.41, 5.74) is 3.81. The fourth-order valence-electron chi connectivity index (χ4n) is 3.69. The minimum atomic E-state index is 0.249. The van der Waals surface area contributed by atoms with Gasteiger partial charge in [-0.05, 0) is 35.7 Å². The first-order valence-electron chi connectivity index (χ1n) is 8.74. The molecule has 0 radical (unpaired) electrons. The lowest BCUT2D eigenvalue weighted by atomic mass is 10.1. The zero-order chi connectivity index (χ0) is 17.2. The molecule has 25 heavy (non-hydrogen) atoms. The maximum atomic E-state index is 9.51. The number of aliphatic hydroxyl groups is 1. The standard InChI is InChI=1S/C18H24N4OS2/c1-14-17(22-6-9-25-18(22)19-14)12-20-4-5-21(16(11-20)2-7-23)10-15-3-8-24-13-15/h3,6,8-9,13,16,23H,2,4-5,7,10-12H2,1H3. The lowest BCUT2D eigenvalue weighted by Gasteiger charge is -2.41. The van der Waals surface area contributed by atoms with Crippen LogP contribution in [0.2, 0.25) is 0 Å². The summed E-state index contributed by atoms with van der Waals surface area (Å²) >= 11 is 3.44. The lowest BCUT2D eigenvalue weighted by molar-refractivity contribution is 0.0493. The Morgan fingerprint density at radius 2 is 2.20 bits per heavy atom. The Bertz CT molecular complexity index is 810. The highest BCUT2D eigenvalue weighted by Gasteiger charge is 2.27. The minimum absolute atomic E-state index is 0.249. The van der Waals surface area contributed by atoms with Crippen molar-refractivity contribution >= 4 is 27.6 Å². The number of imidazole rings is 1. The van der Waals surface area contributed by atoms with E-state index in [4.69, 9.17) is 0 Å². The van der Waals surface area contributed by atoms with Crippen molar-refractivity contribution in [3.63, 3.8) is 0 Å². The van der Waals surface area contributed by atoms with Gasteiger partial charge in [0.15, 0.2) is 4.96 Å². The molecule has 1 fully saturated rings. The van der Waals surface area contributed by atoms with Gasteiger partial charge in [-0.3, -0.25) is 14.2 Å². The van der Waals surface area contributed by atoms with Gasteiger partial charge in [-0.25, -0.2) is 4.98 Å². The van der Waals surface area contributed by atoms with E-state index in [0.717, 1.165) is 49.8 Å². The molecule has 1 atom stereocenters. The molecule has 3 aromatic heterocycles. The van der Waals surface area contributed by atoms with Crippen LogP contribution in [-0.2, 0) is 13.1 Å². The number of aryl methyl sites for hydroxylation is 1. The SMILES string of the molecule is Cc1nc2sccn2c1CN1CCN(Cc2ccsc2)C(CCO)C1. The maximum Gasteiger partial charge on any atom is 0.194 e. The van der Waals surface area contributed by atoms with Gasteiger partial charge in [-0.15, -0.1) is 11.3 Å². The number of thiophene rings is 1. The molecule has 3 aromatic rings. The molecule has 134 valence electrons. The first kappa shape index (κ1) is 17.2. The van der Waals surface area contributed by atoms with Gasteiger partial charge in [0.2, 0.25) is 0 Å². The third-order valence-corrected chi connectivity index (χ3v) is 6.54. The van der Waals surface area contributed by atoms with Crippen LogP contribution in [0.1, 0.15) is 23.4 Å². The van der Waals surface area contributed by atoms with Crippen LogP contribution in [-0.4, -0.2) is 56.6 Å². The largest absolute Gasteiger partial charge is 0.396 e. The van der Waals surface area contributed by atoms with Crippen LogP contribution < -0.4 is 0 Å². The van der Waals surface area contributed by atoms with E-state index in [1.165, 1.54) is 11.3 Å². The first-order chi connectivity index (χ1) is 12.2. The molecule has 1 unspecified atom stereocenters. The third-order valence-electron chi connectivity index (χ3n) is 5.05. The van der Waals surface area contributed by atoms with Gasteiger partial charge in [0.1, 0.15) is 0 Å². The fourth-order valence-corrected chi connectivity index (χ4v) is 5.13. The average Bonchev–Trinajstić information content (AvgIpc) is 3.31. The maximum absolute atomic E-state index is 9.51. The summed E-state index contributed by atoms with van der Waals surface area (Å²) in [6.45, 7) is 7.38. The number of hydrogen-bond donors (Lipinski definition) is 1. The summed E-state index contributed by atoms with van der Waals surface area (Å²) in [7, 11) is 0. The average molecular weight is 377 g/mol. The molecule has 0 bridgehead atoms. The van der Waals surface area contributed by atoms with Gasteiger partial charge < -0.3 is 5.11 Å². The van der Waals surface area contributed by atoms with Crippen LogP contribution in [0.3, 0.4) is 0 Å². The predicted octanol–water partition coefficient (Wildman–Crippen LogP) is 2.83. The van der Waals surface area contributed by atoms with Crippen molar-refractivity contribution in [3.05, 3.63) is 45.4 Å². The number of piperazine rings is 1. The fraction of sp³-hybridized carbons (Fsp3) is 0.500. The molecule has 0 amide bonds. The lowest BCUT2D eigenvalue weighted by Crippen LogP contribution is -2.52. The summed E-state index contributed by atoms with van der Waals surface area (Å²) in [5, 5.41) is 16.0. The van der Waals surface area contributed by atoms with Crippen LogP contribution in [0.5, 0.6) is 0 Å². The van der Waals surface area contributed by atoms with E-state index in [1.54, 1.807) is 22.7 Å². The monoisotopic (exact) mass is 376 g/mol. The van der Waals surface area contributed by atoms with Crippen molar-refractivity contribution in [2.75, 3.05) is 26.2 Å². The number of aromatic nitrogens is 2. The molecule has 7 heteroatoms. The molecule has 4 heterocycles. The van der Waals surface area contributed by atoms with Gasteiger partial charge in [-0.2, -0.15) is 11.3 Å². The summed E-state index contributed by atoms with van der Waals surface area (Å²) in [6, 6.07) is 2.61. The van der Waals surface area contributed by atoms with Crippen LogP contribution >= 0.6 is 22.7 Å². The Kier molecular flexibility index (Phi) is 5.19. The highest BCUT2D eigenvalue weighted by molar-refractivity contribution is 7.15. The van der Waals surface area contributed by atoms with Gasteiger partial charge in [-0.1, -0.05) is 0 Å². The zero-order valence-electron chi connectivity index (χ0n) is 14.5. The van der Waals surface area contributed by atoms with E-state index in [-0.39, 0.29) is 6.61 Å². The second kappa shape index (κ2) is 7.55. The smallest absolute Gasteiger partial charge is 0.194 e. The Balaban J connectivity index is 1.46. The number of nitrogens with zero attached hydrogens (tertiary/aromatic N) is 4. The predicted molar refractivity (Wildman–Crippen MR) is 103 cm³/mol. The van der Waals surface area contributed by atoms with Gasteiger partial charge in [0, 0.05) is 56.9 Å². The van der Waals surface area contributed by atoms with Crippen LogP contribution in [0.4, 0.5) is 0 Å². The molecule has 5 nitrogen and oxygen atoms in total. The normalized spacial score (nSPS) is 19.8. The molecule has 0 aromatic carbocycles. The van der Waals surface area contributed by atoms with Gasteiger partial charge in [0.25, 0.3) is 0 Å². The van der Waals surface area contributed by atoms with Crippen molar-refractivity contribution in [1.29, 1.82) is 0 Å². The summed E-state index contributed by atoms with van der Waals surface area (Å²) in [5.74, 6) is 0. The molecule has 1 aliphatic rings. The Morgan fingerprint density at radius 3 is 3.00 bits per heavy atom. The summed E-state index contributed by atoms with van der Waals surface area (Å²) in [6.07, 6.45) is 2.95. The summed E-state index contributed by atoms with van der Waals surface area (Å²) < 4.78 is 2.22. The second-order valence-corrected chi connectivity index (χ2v) is 8.36. The number of aliphatic hydroxyl groups excluding tert-OH is 1. The third kappa shape index (κ3) is 3.66. The quantitative estimate of drug-likeness (QED) is 0.718. The van der Waals surface area contributed by atoms with Crippen LogP contribution in [0.15, 0.2) is 28.4 Å². The molecular weight excluding hydrogens is 352 g/mol. The van der Waals surface area contributed by atoms with Crippen molar-refractivity contribution < 1.29 is 5.11 Å². The number of hydrogen-bond acceptors (Lipinski definition) is 6. The Hall–Kier alpha value is -1.25. The van der Waals surface area contributed by atoms with Crippen molar-refractivity contribution in [3.8, 4) is 0 Å². The highest BCUT2D eigenvalue weighted by atomic mass is 32.1. The zero-order valence-corrected chi connectivity index (χ0v) is 16.1. The Morgan fingerprint density at radius 1 is 1.28 bits per heavy atom. The van der Waals surface area contributed by atoms with Crippen molar-refractivity contribution in [1.82, 2.24) is 19.2 Å². The van der Waals surface area contributed by atoms with E-state index >= 15 is 0 Å². The second-order valence-electron chi connectivity index (χ2n) is 6.70. The van der Waals surface area contributed by atoms with Crippen molar-refractivity contribution in [2.24, 2.45) is 0 Å². The molecular formula is C18H24N4OS2. The summed E-state index contributed by atoms with van der Waals surface area (Å²) in [4.78, 5) is 10.8. The molecule has 0 spiro atoms. The van der Waals surface area contributed by atoms with E-state index in [2.05, 4.69) is 54.5 Å². The van der Waals surface area contributed by atoms with E-state index in [0.29, 0.717) is 6.04 Å². The number of thiazole rings is 1. The number of fused-ring (bicyclic) bond motifs is 1. The molecule has 0 saturated carbocycles. The van der Waals surface area contributed by atoms with E-state index < -0.39 is 0 Å². The molecule has 1 saturated heterocycles. The van der Waals surface area contributed by atoms with Crippen LogP contribution in [0.25, 0.3) is 4.96 Å². The topological polar surface area (TPSA) is 44.0 Å². The molecule has 1 N–H and O–H groups in total. The van der Waals surface area contributed by atoms with E-state index in [9.17, 15) is 5.11 Å². The van der Waals surface area contributed by atoms with Gasteiger partial charge >= 0.3 is 0 Å². The first-order valence-corrected chi connectivity index (χ1v) is 10.6. The number of rotatable bonds is 6. The van der Waals surface area contributed by atoms with Crippen molar-refractivity contribution in [2.45, 2.75) is 32.5 Å².